The lowest BCUT2D eigenvalue weighted by Gasteiger charge is -2.15. The number of fused-ring (bicyclic) bond motifs is 2. The monoisotopic (exact) mass is 377 g/mol. The van der Waals surface area contributed by atoms with Crippen LogP contribution in [0.3, 0.4) is 0 Å². The van der Waals surface area contributed by atoms with Gasteiger partial charge in [0, 0.05) is 6.54 Å². The highest BCUT2D eigenvalue weighted by molar-refractivity contribution is 5.83. The zero-order valence-corrected chi connectivity index (χ0v) is 16.2. The number of nitrogens with two attached hydrogens (primary N) is 1. The summed E-state index contributed by atoms with van der Waals surface area (Å²) in [7, 11) is 0. The number of imidazole rings is 1. The summed E-state index contributed by atoms with van der Waals surface area (Å²) < 4.78 is 2.27. The van der Waals surface area contributed by atoms with Crippen LogP contribution in [0, 0.1) is 0 Å². The highest BCUT2D eigenvalue weighted by Crippen LogP contribution is 2.24. The zero-order chi connectivity index (χ0) is 19.6. The van der Waals surface area contributed by atoms with E-state index >= 15 is 0 Å². The average Bonchev–Trinajstić information content (AvgIpc) is 3.13. The van der Waals surface area contributed by atoms with E-state index in [9.17, 15) is 0 Å². The Bertz CT molecular complexity index is 1270. The van der Waals surface area contributed by atoms with Crippen molar-refractivity contribution in [2.75, 3.05) is 0 Å². The second kappa shape index (κ2) is 7.53. The van der Waals surface area contributed by atoms with Crippen molar-refractivity contribution in [2.45, 2.75) is 19.0 Å². The molecule has 0 fully saturated rings. The van der Waals surface area contributed by atoms with Gasteiger partial charge in [-0.2, -0.15) is 0 Å². The largest absolute Gasteiger partial charge is 0.322 e. The second-order valence-electron chi connectivity index (χ2n) is 7.52. The molecule has 4 aromatic carbocycles. The predicted molar refractivity (Wildman–Crippen MR) is 120 cm³/mol. The average molecular weight is 377 g/mol. The fourth-order valence-electron chi connectivity index (χ4n) is 4.02. The second-order valence-corrected chi connectivity index (χ2v) is 7.52. The van der Waals surface area contributed by atoms with Gasteiger partial charge in [0.15, 0.2) is 0 Å². The topological polar surface area (TPSA) is 43.8 Å². The maximum absolute atomic E-state index is 6.65. The van der Waals surface area contributed by atoms with Gasteiger partial charge in [-0.05, 0) is 46.5 Å². The van der Waals surface area contributed by atoms with Gasteiger partial charge in [-0.3, -0.25) is 0 Å². The molecule has 0 spiro atoms. The molecule has 1 aromatic heterocycles. The number of rotatable bonds is 5. The van der Waals surface area contributed by atoms with Crippen molar-refractivity contribution in [1.82, 2.24) is 9.55 Å². The number of hydrogen-bond acceptors (Lipinski definition) is 2. The molecule has 0 bridgehead atoms. The first kappa shape index (κ1) is 17.7. The molecule has 29 heavy (non-hydrogen) atoms. The summed E-state index contributed by atoms with van der Waals surface area (Å²) in [5, 5.41) is 2.51. The van der Waals surface area contributed by atoms with Crippen LogP contribution in [-0.2, 0) is 13.0 Å². The molecule has 0 aliphatic carbocycles. The molecule has 3 heteroatoms. The van der Waals surface area contributed by atoms with E-state index < -0.39 is 0 Å². The third-order valence-corrected chi connectivity index (χ3v) is 5.47. The molecule has 1 atom stereocenters. The quantitative estimate of drug-likeness (QED) is 0.441. The molecule has 3 nitrogen and oxygen atoms in total. The smallest absolute Gasteiger partial charge is 0.127 e. The third kappa shape index (κ3) is 3.53. The molecular formula is C26H23N3. The molecule has 2 N–H and O–H groups in total. The lowest BCUT2D eigenvalue weighted by molar-refractivity contribution is 0.618. The Morgan fingerprint density at radius 1 is 0.724 bits per heavy atom. The summed E-state index contributed by atoms with van der Waals surface area (Å²) in [6.07, 6.45) is 0.766. The van der Waals surface area contributed by atoms with Crippen LogP contribution in [0.15, 0.2) is 97.1 Å². The van der Waals surface area contributed by atoms with E-state index in [4.69, 9.17) is 10.7 Å². The summed E-state index contributed by atoms with van der Waals surface area (Å²) in [5.41, 5.74) is 11.2. The normalized spacial score (nSPS) is 12.4. The predicted octanol–water partition coefficient (Wildman–Crippen LogP) is 5.48. The Kier molecular flexibility index (Phi) is 4.59. The Labute approximate surface area is 170 Å². The van der Waals surface area contributed by atoms with Crippen molar-refractivity contribution in [3.05, 3.63) is 114 Å². The minimum absolute atomic E-state index is 0.162. The van der Waals surface area contributed by atoms with Crippen LogP contribution in [-0.4, -0.2) is 9.55 Å². The Balaban J connectivity index is 1.55. The summed E-state index contributed by atoms with van der Waals surface area (Å²) in [6, 6.07) is 33.6. The van der Waals surface area contributed by atoms with Crippen LogP contribution in [0.2, 0.25) is 0 Å². The molecule has 0 saturated heterocycles. The van der Waals surface area contributed by atoms with E-state index in [0.29, 0.717) is 0 Å². The summed E-state index contributed by atoms with van der Waals surface area (Å²) in [4.78, 5) is 4.91. The molecule has 0 aliphatic heterocycles. The van der Waals surface area contributed by atoms with Crippen LogP contribution in [0.1, 0.15) is 23.0 Å². The first-order chi connectivity index (χ1) is 14.3. The molecule has 1 heterocycles. The van der Waals surface area contributed by atoms with Gasteiger partial charge >= 0.3 is 0 Å². The zero-order valence-electron chi connectivity index (χ0n) is 16.2. The summed E-state index contributed by atoms with van der Waals surface area (Å²) in [6.45, 7) is 0.753. The van der Waals surface area contributed by atoms with E-state index in [1.54, 1.807) is 0 Å². The minimum atomic E-state index is -0.162. The standard InChI is InChI=1S/C26H23N3/c27-23(17-19-8-2-1-3-9-19)26-28-24-12-6-7-13-25(24)29(26)18-20-14-15-21-10-4-5-11-22(21)16-20/h1-16,23H,17-18,27H2. The van der Waals surface area contributed by atoms with Gasteiger partial charge in [0.2, 0.25) is 0 Å². The number of benzene rings is 4. The molecule has 5 rings (SSSR count). The van der Waals surface area contributed by atoms with Crippen molar-refractivity contribution in [2.24, 2.45) is 5.73 Å². The van der Waals surface area contributed by atoms with Gasteiger partial charge in [-0.25, -0.2) is 4.98 Å². The van der Waals surface area contributed by atoms with Gasteiger partial charge in [0.05, 0.1) is 17.1 Å². The van der Waals surface area contributed by atoms with E-state index in [2.05, 4.69) is 89.5 Å². The summed E-state index contributed by atoms with van der Waals surface area (Å²) >= 11 is 0. The first-order valence-corrected chi connectivity index (χ1v) is 10.0. The Hall–Kier alpha value is -3.43. The SMILES string of the molecule is NC(Cc1ccccc1)c1nc2ccccc2n1Cc1ccc2ccccc2c1. The Morgan fingerprint density at radius 2 is 1.45 bits per heavy atom. The van der Waals surface area contributed by atoms with Crippen LogP contribution in [0.4, 0.5) is 0 Å². The van der Waals surface area contributed by atoms with Gasteiger partial charge in [-0.15, -0.1) is 0 Å². The maximum atomic E-state index is 6.65. The van der Waals surface area contributed by atoms with Gasteiger partial charge < -0.3 is 10.3 Å². The van der Waals surface area contributed by atoms with Crippen LogP contribution < -0.4 is 5.73 Å². The van der Waals surface area contributed by atoms with Crippen LogP contribution in [0.25, 0.3) is 21.8 Å². The molecule has 1 unspecified atom stereocenters. The van der Waals surface area contributed by atoms with Crippen LogP contribution >= 0.6 is 0 Å². The van der Waals surface area contributed by atoms with Gasteiger partial charge in [0.25, 0.3) is 0 Å². The Morgan fingerprint density at radius 3 is 2.31 bits per heavy atom. The van der Waals surface area contributed by atoms with Crippen molar-refractivity contribution in [1.29, 1.82) is 0 Å². The maximum Gasteiger partial charge on any atom is 0.127 e. The fourth-order valence-corrected chi connectivity index (χ4v) is 4.02. The third-order valence-electron chi connectivity index (χ3n) is 5.47. The van der Waals surface area contributed by atoms with Gasteiger partial charge in [0.1, 0.15) is 5.82 Å². The summed E-state index contributed by atoms with van der Waals surface area (Å²) in [5.74, 6) is 0.934. The minimum Gasteiger partial charge on any atom is -0.322 e. The lowest BCUT2D eigenvalue weighted by atomic mass is 10.1. The van der Waals surface area contributed by atoms with E-state index in [1.165, 1.54) is 21.9 Å². The molecule has 0 aliphatic rings. The number of para-hydroxylation sites is 2. The molecule has 0 saturated carbocycles. The van der Waals surface area contributed by atoms with Crippen LogP contribution in [0.5, 0.6) is 0 Å². The lowest BCUT2D eigenvalue weighted by Crippen LogP contribution is -2.19. The van der Waals surface area contributed by atoms with E-state index in [0.717, 1.165) is 29.8 Å². The molecule has 142 valence electrons. The number of aromatic nitrogens is 2. The van der Waals surface area contributed by atoms with Crippen molar-refractivity contribution >= 4 is 21.8 Å². The van der Waals surface area contributed by atoms with E-state index in [-0.39, 0.29) is 6.04 Å². The highest BCUT2D eigenvalue weighted by atomic mass is 15.1. The number of hydrogen-bond donors (Lipinski definition) is 1. The highest BCUT2D eigenvalue weighted by Gasteiger charge is 2.18. The molecule has 0 amide bonds. The number of nitrogens with zero attached hydrogens (tertiary/aromatic N) is 2. The molecular weight excluding hydrogens is 354 g/mol. The van der Waals surface area contributed by atoms with E-state index in [1.807, 2.05) is 12.1 Å². The van der Waals surface area contributed by atoms with Gasteiger partial charge in [-0.1, -0.05) is 78.9 Å². The molecule has 5 aromatic rings. The first-order valence-electron chi connectivity index (χ1n) is 10.0. The van der Waals surface area contributed by atoms with Crippen molar-refractivity contribution < 1.29 is 0 Å². The molecule has 0 radical (unpaired) electrons. The fraction of sp³-hybridized carbons (Fsp3) is 0.115. The van der Waals surface area contributed by atoms with Crippen molar-refractivity contribution in [3.8, 4) is 0 Å². The van der Waals surface area contributed by atoms with Crippen molar-refractivity contribution in [3.63, 3.8) is 0 Å².